The van der Waals surface area contributed by atoms with Gasteiger partial charge in [-0.25, -0.2) is 0 Å². The van der Waals surface area contributed by atoms with E-state index in [0.717, 1.165) is 5.56 Å². The third kappa shape index (κ3) is 3.28. The topological polar surface area (TPSA) is 35.5 Å². The largest absolute Gasteiger partial charge is 0.381 e. The van der Waals surface area contributed by atoms with E-state index < -0.39 is 5.60 Å². The summed E-state index contributed by atoms with van der Waals surface area (Å²) in [6.45, 7) is 7.90. The van der Waals surface area contributed by atoms with E-state index in [-0.39, 0.29) is 5.78 Å². The van der Waals surface area contributed by atoms with Gasteiger partial charge in [-0.3, -0.25) is 4.79 Å². The molecule has 20 heavy (non-hydrogen) atoms. The maximum absolute atomic E-state index is 12.7. The minimum atomic E-state index is -0.633. The Bertz CT molecular complexity index is 468. The van der Waals surface area contributed by atoms with Crippen LogP contribution >= 0.6 is 0 Å². The van der Waals surface area contributed by atoms with Crippen molar-refractivity contribution in [2.45, 2.75) is 45.6 Å². The summed E-state index contributed by atoms with van der Waals surface area (Å²) >= 11 is 0. The second-order valence-electron chi connectivity index (χ2n) is 5.56. The van der Waals surface area contributed by atoms with Crippen molar-refractivity contribution in [1.82, 2.24) is 0 Å². The molecule has 0 N–H and O–H groups in total. The molecule has 1 aromatic carbocycles. The van der Waals surface area contributed by atoms with Gasteiger partial charge in [-0.05, 0) is 37.5 Å². The Morgan fingerprint density at radius 1 is 1.25 bits per heavy atom. The number of ketones is 1. The van der Waals surface area contributed by atoms with Gasteiger partial charge in [0.1, 0.15) is 5.60 Å². The SMILES string of the molecule is CCOC1(C(=O)Cc2ccc(C)c(C)c2)CCOCC1. The molecule has 1 aliphatic rings. The number of Topliss-reactive ketones (excluding diaryl/α,β-unsaturated/α-hetero) is 1. The van der Waals surface area contributed by atoms with E-state index in [2.05, 4.69) is 26.0 Å². The Labute approximate surface area is 121 Å². The Morgan fingerprint density at radius 3 is 2.55 bits per heavy atom. The van der Waals surface area contributed by atoms with Crippen LogP contribution in [0, 0.1) is 13.8 Å². The minimum absolute atomic E-state index is 0.186. The molecule has 1 saturated heterocycles. The molecular weight excluding hydrogens is 252 g/mol. The first-order chi connectivity index (χ1) is 9.57. The average Bonchev–Trinajstić information content (AvgIpc) is 2.44. The van der Waals surface area contributed by atoms with E-state index in [1.165, 1.54) is 11.1 Å². The van der Waals surface area contributed by atoms with E-state index >= 15 is 0 Å². The molecule has 1 aliphatic heterocycles. The molecule has 0 amide bonds. The van der Waals surface area contributed by atoms with Crippen molar-refractivity contribution >= 4 is 5.78 Å². The molecule has 0 aliphatic carbocycles. The highest BCUT2D eigenvalue weighted by Gasteiger charge is 2.40. The van der Waals surface area contributed by atoms with Crippen molar-refractivity contribution in [2.24, 2.45) is 0 Å². The van der Waals surface area contributed by atoms with Crippen LogP contribution in [0.2, 0.25) is 0 Å². The lowest BCUT2D eigenvalue weighted by Gasteiger charge is -2.35. The van der Waals surface area contributed by atoms with Crippen LogP contribution in [0.15, 0.2) is 18.2 Å². The average molecular weight is 276 g/mol. The fourth-order valence-electron chi connectivity index (χ4n) is 2.74. The molecule has 1 aromatic rings. The van der Waals surface area contributed by atoms with Gasteiger partial charge >= 0.3 is 0 Å². The fourth-order valence-corrected chi connectivity index (χ4v) is 2.74. The molecule has 110 valence electrons. The van der Waals surface area contributed by atoms with Crippen LogP contribution in [0.5, 0.6) is 0 Å². The monoisotopic (exact) mass is 276 g/mol. The van der Waals surface area contributed by atoms with Crippen molar-refractivity contribution in [3.8, 4) is 0 Å². The van der Waals surface area contributed by atoms with Crippen LogP contribution in [0.4, 0.5) is 0 Å². The summed E-state index contributed by atoms with van der Waals surface area (Å²) in [6, 6.07) is 6.22. The summed E-state index contributed by atoms with van der Waals surface area (Å²) in [5, 5.41) is 0. The van der Waals surface area contributed by atoms with Gasteiger partial charge in [0.2, 0.25) is 0 Å². The smallest absolute Gasteiger partial charge is 0.169 e. The molecule has 0 spiro atoms. The first kappa shape index (κ1) is 15.2. The summed E-state index contributed by atoms with van der Waals surface area (Å²) in [5.41, 5.74) is 2.93. The van der Waals surface area contributed by atoms with Crippen molar-refractivity contribution in [2.75, 3.05) is 19.8 Å². The molecule has 3 heteroatoms. The number of rotatable bonds is 5. The molecule has 0 atom stereocenters. The van der Waals surface area contributed by atoms with E-state index in [1.807, 2.05) is 13.0 Å². The number of ether oxygens (including phenoxy) is 2. The number of carbonyl (C=O) groups excluding carboxylic acids is 1. The molecule has 2 rings (SSSR count). The molecule has 3 nitrogen and oxygen atoms in total. The quantitative estimate of drug-likeness (QED) is 0.829. The second kappa shape index (κ2) is 6.51. The molecule has 1 fully saturated rings. The zero-order valence-corrected chi connectivity index (χ0v) is 12.7. The highest BCUT2D eigenvalue weighted by atomic mass is 16.5. The Balaban J connectivity index is 2.13. The van der Waals surface area contributed by atoms with Gasteiger partial charge in [0.15, 0.2) is 5.78 Å². The Hall–Kier alpha value is -1.19. The third-order valence-electron chi connectivity index (χ3n) is 4.17. The summed E-state index contributed by atoms with van der Waals surface area (Å²) in [5.74, 6) is 0.186. The lowest BCUT2D eigenvalue weighted by atomic mass is 9.85. The molecule has 0 bridgehead atoms. The summed E-state index contributed by atoms with van der Waals surface area (Å²) in [6.07, 6.45) is 1.79. The zero-order chi connectivity index (χ0) is 14.6. The number of hydrogen-bond acceptors (Lipinski definition) is 3. The summed E-state index contributed by atoms with van der Waals surface area (Å²) < 4.78 is 11.2. The van der Waals surface area contributed by atoms with Gasteiger partial charge in [-0.15, -0.1) is 0 Å². The van der Waals surface area contributed by atoms with Crippen molar-refractivity contribution in [1.29, 1.82) is 0 Å². The van der Waals surface area contributed by atoms with Crippen LogP contribution < -0.4 is 0 Å². The van der Waals surface area contributed by atoms with Crippen LogP contribution in [-0.2, 0) is 20.7 Å². The highest BCUT2D eigenvalue weighted by molar-refractivity contribution is 5.89. The number of hydrogen-bond donors (Lipinski definition) is 0. The maximum Gasteiger partial charge on any atom is 0.169 e. The van der Waals surface area contributed by atoms with Gasteiger partial charge in [0.25, 0.3) is 0 Å². The molecule has 0 saturated carbocycles. The van der Waals surface area contributed by atoms with Crippen LogP contribution in [0.3, 0.4) is 0 Å². The maximum atomic E-state index is 12.7. The predicted molar refractivity (Wildman–Crippen MR) is 79.0 cm³/mol. The van der Waals surface area contributed by atoms with Crippen LogP contribution in [0.1, 0.15) is 36.5 Å². The lowest BCUT2D eigenvalue weighted by Crippen LogP contribution is -2.47. The van der Waals surface area contributed by atoms with Gasteiger partial charge in [0.05, 0.1) is 0 Å². The van der Waals surface area contributed by atoms with E-state index in [4.69, 9.17) is 9.47 Å². The standard InChI is InChI=1S/C17H24O3/c1-4-20-17(7-9-19-10-8-17)16(18)12-15-6-5-13(2)14(3)11-15/h5-6,11H,4,7-10,12H2,1-3H3. The van der Waals surface area contributed by atoms with Crippen LogP contribution in [-0.4, -0.2) is 31.2 Å². The number of carbonyl (C=O) groups is 1. The number of aryl methyl sites for hydroxylation is 2. The lowest BCUT2D eigenvalue weighted by molar-refractivity contribution is -0.156. The van der Waals surface area contributed by atoms with Crippen molar-refractivity contribution in [3.05, 3.63) is 34.9 Å². The first-order valence-corrected chi connectivity index (χ1v) is 7.38. The predicted octanol–water partition coefficient (Wildman–Crippen LogP) is 3.00. The van der Waals surface area contributed by atoms with E-state index in [1.54, 1.807) is 0 Å². The van der Waals surface area contributed by atoms with Crippen molar-refractivity contribution < 1.29 is 14.3 Å². The highest BCUT2D eigenvalue weighted by Crippen LogP contribution is 2.28. The molecular formula is C17H24O3. The minimum Gasteiger partial charge on any atom is -0.381 e. The molecule has 0 unspecified atom stereocenters. The fraction of sp³-hybridized carbons (Fsp3) is 0.588. The van der Waals surface area contributed by atoms with Gasteiger partial charge in [-0.2, -0.15) is 0 Å². The molecule has 1 heterocycles. The molecule has 0 radical (unpaired) electrons. The van der Waals surface area contributed by atoms with Gasteiger partial charge in [-0.1, -0.05) is 18.2 Å². The van der Waals surface area contributed by atoms with Crippen LogP contribution in [0.25, 0.3) is 0 Å². The van der Waals surface area contributed by atoms with Gasteiger partial charge in [0, 0.05) is 39.1 Å². The second-order valence-corrected chi connectivity index (χ2v) is 5.56. The zero-order valence-electron chi connectivity index (χ0n) is 12.7. The normalized spacial score (nSPS) is 17.9. The number of benzene rings is 1. The summed E-state index contributed by atoms with van der Waals surface area (Å²) in [7, 11) is 0. The third-order valence-corrected chi connectivity index (χ3v) is 4.17. The first-order valence-electron chi connectivity index (χ1n) is 7.38. The van der Waals surface area contributed by atoms with Crippen molar-refractivity contribution in [3.63, 3.8) is 0 Å². The summed E-state index contributed by atoms with van der Waals surface area (Å²) in [4.78, 5) is 12.7. The molecule has 0 aromatic heterocycles. The Kier molecular flexibility index (Phi) is 4.95. The van der Waals surface area contributed by atoms with E-state index in [0.29, 0.717) is 39.1 Å². The van der Waals surface area contributed by atoms with E-state index in [9.17, 15) is 4.79 Å². The van der Waals surface area contributed by atoms with Gasteiger partial charge < -0.3 is 9.47 Å². The Morgan fingerprint density at radius 2 is 1.95 bits per heavy atom.